The molecule has 92 valence electrons. The van der Waals surface area contributed by atoms with Crippen LogP contribution in [0, 0.1) is 6.92 Å². The van der Waals surface area contributed by atoms with Gasteiger partial charge in [0.15, 0.2) is 0 Å². The maximum atomic E-state index is 12.1. The van der Waals surface area contributed by atoms with Crippen molar-refractivity contribution in [1.29, 1.82) is 0 Å². The normalized spacial score (nSPS) is 30.5. The zero-order chi connectivity index (χ0) is 12.5. The zero-order valence-electron chi connectivity index (χ0n) is 10.1. The summed E-state index contributed by atoms with van der Waals surface area (Å²) in [6.07, 6.45) is 2.15. The number of alkyl carbamates (subject to hydrolysis) is 1. The molecule has 18 heavy (non-hydrogen) atoms. The fraction of sp³-hybridized carbons (Fsp3) is 0.429. The second-order valence-corrected chi connectivity index (χ2v) is 5.68. The number of amides is 2. The summed E-state index contributed by atoms with van der Waals surface area (Å²) in [6.45, 7) is 2.04. The molecule has 1 N–H and O–H groups in total. The van der Waals surface area contributed by atoms with Gasteiger partial charge < -0.3 is 4.74 Å². The Morgan fingerprint density at radius 2 is 2.00 bits per heavy atom. The molecule has 4 nitrogen and oxygen atoms in total. The summed E-state index contributed by atoms with van der Waals surface area (Å²) in [5.74, 6) is -0.304. The van der Waals surface area contributed by atoms with Crippen LogP contribution in [0.2, 0.25) is 0 Å². The molecule has 0 radical (unpaired) electrons. The number of nitrogens with one attached hydrogen (secondary N) is 1. The first-order valence-corrected chi connectivity index (χ1v) is 6.22. The number of fused-ring (bicyclic) bond motifs is 3. The molecule has 2 spiro atoms. The van der Waals surface area contributed by atoms with Crippen LogP contribution in [0.3, 0.4) is 0 Å². The Bertz CT molecular complexity index is 603. The number of carbonyl (C=O) groups excluding carboxylic acids is 2. The molecule has 1 aromatic rings. The van der Waals surface area contributed by atoms with E-state index in [0.717, 1.165) is 18.4 Å². The Labute approximate surface area is 104 Å². The highest BCUT2D eigenvalue weighted by atomic mass is 16.6. The minimum absolute atomic E-state index is 0.0727. The molecule has 1 saturated heterocycles. The van der Waals surface area contributed by atoms with E-state index in [1.807, 2.05) is 19.1 Å². The topological polar surface area (TPSA) is 55.4 Å². The first-order valence-electron chi connectivity index (χ1n) is 6.22. The maximum Gasteiger partial charge on any atom is 0.415 e. The Balaban J connectivity index is 1.96. The van der Waals surface area contributed by atoms with E-state index in [4.69, 9.17) is 4.74 Å². The van der Waals surface area contributed by atoms with Gasteiger partial charge >= 0.3 is 6.09 Å². The molecule has 0 bridgehead atoms. The van der Waals surface area contributed by atoms with Crippen molar-refractivity contribution in [3.05, 3.63) is 34.9 Å². The Morgan fingerprint density at radius 1 is 1.22 bits per heavy atom. The molecule has 2 aliphatic carbocycles. The highest BCUT2D eigenvalue weighted by Crippen LogP contribution is 2.63. The van der Waals surface area contributed by atoms with Crippen LogP contribution in [0.5, 0.6) is 0 Å². The lowest BCUT2D eigenvalue weighted by molar-refractivity contribution is -0.132. The van der Waals surface area contributed by atoms with E-state index in [9.17, 15) is 9.59 Å². The van der Waals surface area contributed by atoms with Gasteiger partial charge in [0, 0.05) is 17.4 Å². The summed E-state index contributed by atoms with van der Waals surface area (Å²) >= 11 is 0. The van der Waals surface area contributed by atoms with E-state index in [1.54, 1.807) is 0 Å². The van der Waals surface area contributed by atoms with Gasteiger partial charge in [0.25, 0.3) is 5.91 Å². The predicted octanol–water partition coefficient (Wildman–Crippen LogP) is 1.89. The van der Waals surface area contributed by atoms with Gasteiger partial charge in [0.05, 0.1) is 0 Å². The minimum atomic E-state index is -1.06. The second-order valence-electron chi connectivity index (χ2n) is 5.68. The number of benzene rings is 1. The van der Waals surface area contributed by atoms with E-state index in [0.29, 0.717) is 6.42 Å². The number of carbonyl (C=O) groups is 2. The van der Waals surface area contributed by atoms with E-state index < -0.39 is 11.7 Å². The Hall–Kier alpha value is -1.84. The van der Waals surface area contributed by atoms with Crippen molar-refractivity contribution in [2.45, 2.75) is 37.2 Å². The predicted molar refractivity (Wildman–Crippen MR) is 63.0 cm³/mol. The van der Waals surface area contributed by atoms with Gasteiger partial charge in [-0.25, -0.2) is 4.79 Å². The molecular formula is C14H13NO3. The van der Waals surface area contributed by atoms with Crippen molar-refractivity contribution < 1.29 is 14.3 Å². The number of ether oxygens (including phenoxy) is 1. The highest BCUT2D eigenvalue weighted by Gasteiger charge is 2.65. The number of imide groups is 1. The maximum absolute atomic E-state index is 12.1. The number of hydrogen-bond donors (Lipinski definition) is 1. The zero-order valence-corrected chi connectivity index (χ0v) is 10.1. The van der Waals surface area contributed by atoms with E-state index in [2.05, 4.69) is 11.4 Å². The van der Waals surface area contributed by atoms with E-state index in [1.165, 1.54) is 11.1 Å². The van der Waals surface area contributed by atoms with Crippen molar-refractivity contribution in [2.75, 3.05) is 0 Å². The molecule has 1 aromatic carbocycles. The summed E-state index contributed by atoms with van der Waals surface area (Å²) in [6, 6.07) is 6.05. The van der Waals surface area contributed by atoms with Crippen molar-refractivity contribution in [1.82, 2.24) is 5.32 Å². The average molecular weight is 243 g/mol. The van der Waals surface area contributed by atoms with Gasteiger partial charge in [-0.05, 0) is 25.3 Å². The third-order valence-electron chi connectivity index (χ3n) is 4.47. The molecule has 2 fully saturated rings. The summed E-state index contributed by atoms with van der Waals surface area (Å²) < 4.78 is 5.36. The Morgan fingerprint density at radius 3 is 2.61 bits per heavy atom. The van der Waals surface area contributed by atoms with Gasteiger partial charge in [-0.2, -0.15) is 0 Å². The fourth-order valence-corrected chi connectivity index (χ4v) is 3.43. The van der Waals surface area contributed by atoms with Crippen LogP contribution in [0.15, 0.2) is 18.2 Å². The molecule has 3 aliphatic rings. The molecule has 1 aliphatic heterocycles. The molecule has 4 heteroatoms. The average Bonchev–Trinajstić information content (AvgIpc) is 2.95. The number of hydrogen-bond acceptors (Lipinski definition) is 3. The third kappa shape index (κ3) is 1.01. The van der Waals surface area contributed by atoms with Gasteiger partial charge in [0.2, 0.25) is 5.60 Å². The lowest BCUT2D eigenvalue weighted by Crippen LogP contribution is -2.35. The van der Waals surface area contributed by atoms with Crippen LogP contribution in [-0.4, -0.2) is 12.0 Å². The monoisotopic (exact) mass is 243 g/mol. The van der Waals surface area contributed by atoms with Crippen molar-refractivity contribution in [2.24, 2.45) is 0 Å². The van der Waals surface area contributed by atoms with Crippen LogP contribution in [0.4, 0.5) is 4.79 Å². The number of rotatable bonds is 0. The van der Waals surface area contributed by atoms with E-state index in [-0.39, 0.29) is 11.3 Å². The van der Waals surface area contributed by atoms with Gasteiger partial charge in [-0.15, -0.1) is 0 Å². The summed E-state index contributed by atoms with van der Waals surface area (Å²) in [5, 5.41) is 2.27. The SMILES string of the molecule is Cc1ccc2c(c1)C1(CC1)CC21OC(=O)NC1=O. The van der Waals surface area contributed by atoms with Gasteiger partial charge in [-0.1, -0.05) is 23.8 Å². The third-order valence-corrected chi connectivity index (χ3v) is 4.47. The molecular weight excluding hydrogens is 230 g/mol. The first-order chi connectivity index (χ1) is 8.56. The van der Waals surface area contributed by atoms with Crippen LogP contribution in [0.25, 0.3) is 0 Å². The van der Waals surface area contributed by atoms with Crippen LogP contribution >= 0.6 is 0 Å². The van der Waals surface area contributed by atoms with Crippen molar-refractivity contribution in [3.8, 4) is 0 Å². The van der Waals surface area contributed by atoms with Crippen molar-refractivity contribution >= 4 is 12.0 Å². The van der Waals surface area contributed by atoms with Crippen LogP contribution < -0.4 is 5.32 Å². The summed E-state index contributed by atoms with van der Waals surface area (Å²) in [5.41, 5.74) is 2.28. The van der Waals surface area contributed by atoms with Gasteiger partial charge in [-0.3, -0.25) is 10.1 Å². The Kier molecular flexibility index (Phi) is 1.55. The molecule has 0 aromatic heterocycles. The quantitative estimate of drug-likeness (QED) is 0.757. The molecule has 1 atom stereocenters. The van der Waals surface area contributed by atoms with E-state index >= 15 is 0 Å². The van der Waals surface area contributed by atoms with Crippen molar-refractivity contribution in [3.63, 3.8) is 0 Å². The fourth-order valence-electron chi connectivity index (χ4n) is 3.43. The summed E-state index contributed by atoms with van der Waals surface area (Å²) in [4.78, 5) is 23.5. The minimum Gasteiger partial charge on any atom is -0.427 e. The standard InChI is InChI=1S/C14H13NO3/c1-8-2-3-9-10(6-8)13(4-5-13)7-14(9)11(16)15-12(17)18-14/h2-3,6H,4-5,7H2,1H3,(H,15,16,17). The lowest BCUT2D eigenvalue weighted by atomic mass is 9.94. The molecule has 1 heterocycles. The van der Waals surface area contributed by atoms with Crippen LogP contribution in [-0.2, 0) is 20.5 Å². The lowest BCUT2D eigenvalue weighted by Gasteiger charge is -2.19. The highest BCUT2D eigenvalue weighted by molar-refractivity contribution is 6.04. The molecule has 2 amide bonds. The smallest absolute Gasteiger partial charge is 0.415 e. The molecule has 4 rings (SSSR count). The number of aryl methyl sites for hydroxylation is 1. The van der Waals surface area contributed by atoms with Crippen LogP contribution in [0.1, 0.15) is 36.0 Å². The summed E-state index contributed by atoms with van der Waals surface area (Å²) in [7, 11) is 0. The molecule has 1 saturated carbocycles. The van der Waals surface area contributed by atoms with Gasteiger partial charge in [0.1, 0.15) is 0 Å². The first kappa shape index (κ1) is 10.1. The molecule has 1 unspecified atom stereocenters. The largest absolute Gasteiger partial charge is 0.427 e. The second kappa shape index (κ2) is 2.76.